The molecule has 35 heavy (non-hydrogen) atoms. The summed E-state index contributed by atoms with van der Waals surface area (Å²) in [5, 5.41) is 12.2. The zero-order valence-corrected chi connectivity index (χ0v) is 21.6. The van der Waals surface area contributed by atoms with Gasteiger partial charge in [-0.2, -0.15) is 0 Å². The number of rotatable bonds is 9. The first-order valence-electron chi connectivity index (χ1n) is 13.6. The summed E-state index contributed by atoms with van der Waals surface area (Å²) in [6.45, 7) is 6.70. The van der Waals surface area contributed by atoms with Crippen molar-refractivity contribution in [2.75, 3.05) is 13.2 Å². The molecule has 1 aliphatic heterocycles. The largest absolute Gasteiger partial charge is 0.483 e. The molecule has 6 heteroatoms. The van der Waals surface area contributed by atoms with E-state index in [-0.39, 0.29) is 30.1 Å². The second-order valence-electron chi connectivity index (χ2n) is 10.6. The van der Waals surface area contributed by atoms with Crippen LogP contribution in [0.4, 0.5) is 0 Å². The van der Waals surface area contributed by atoms with Gasteiger partial charge in [0.05, 0.1) is 5.60 Å². The highest BCUT2D eigenvalue weighted by Gasteiger charge is 2.49. The Morgan fingerprint density at radius 3 is 2.77 bits per heavy atom. The minimum atomic E-state index is -0.629. The molecule has 1 aromatic heterocycles. The number of aliphatic hydroxyl groups is 1. The minimum absolute atomic E-state index is 0.0311. The maximum absolute atomic E-state index is 13.4. The average Bonchev–Trinajstić information content (AvgIpc) is 2.85. The van der Waals surface area contributed by atoms with Crippen LogP contribution in [0.25, 0.3) is 11.0 Å². The molecule has 2 aliphatic rings. The summed E-state index contributed by atoms with van der Waals surface area (Å²) in [4.78, 5) is 27.5. The molecule has 2 fully saturated rings. The molecule has 1 N–H and O–H groups in total. The summed E-state index contributed by atoms with van der Waals surface area (Å²) in [5.41, 5.74) is 1.30. The van der Waals surface area contributed by atoms with Gasteiger partial charge < -0.3 is 19.2 Å². The molecular formula is C29H41NO5. The molecule has 2 heterocycles. The maximum Gasteiger partial charge on any atom is 0.336 e. The number of amides is 1. The number of ether oxygens (including phenoxy) is 1. The van der Waals surface area contributed by atoms with Crippen molar-refractivity contribution in [1.82, 2.24) is 4.90 Å². The summed E-state index contributed by atoms with van der Waals surface area (Å²) in [6.07, 6.45) is 10.6. The molecular weight excluding hydrogens is 442 g/mol. The van der Waals surface area contributed by atoms with E-state index in [1.54, 1.807) is 6.07 Å². The van der Waals surface area contributed by atoms with Crippen LogP contribution >= 0.6 is 0 Å². The summed E-state index contributed by atoms with van der Waals surface area (Å²) >= 11 is 0. The summed E-state index contributed by atoms with van der Waals surface area (Å²) in [7, 11) is 0. The monoisotopic (exact) mass is 483 g/mol. The second kappa shape index (κ2) is 11.2. The molecule has 1 saturated carbocycles. The van der Waals surface area contributed by atoms with Gasteiger partial charge >= 0.3 is 5.63 Å². The van der Waals surface area contributed by atoms with Crippen molar-refractivity contribution in [3.63, 3.8) is 0 Å². The van der Waals surface area contributed by atoms with E-state index in [0.717, 1.165) is 80.7 Å². The Balaban J connectivity index is 1.51. The van der Waals surface area contributed by atoms with Crippen LogP contribution in [0.1, 0.15) is 89.2 Å². The summed E-state index contributed by atoms with van der Waals surface area (Å²) in [6, 6.07) is 5.47. The zero-order valence-electron chi connectivity index (χ0n) is 21.6. The van der Waals surface area contributed by atoms with E-state index in [1.165, 1.54) is 0 Å². The normalized spacial score (nSPS) is 24.4. The first-order valence-corrected chi connectivity index (χ1v) is 13.6. The highest BCUT2D eigenvalue weighted by atomic mass is 16.5. The van der Waals surface area contributed by atoms with Gasteiger partial charge in [-0.25, -0.2) is 4.79 Å². The number of benzene rings is 1. The van der Waals surface area contributed by atoms with E-state index in [9.17, 15) is 14.7 Å². The van der Waals surface area contributed by atoms with Crippen molar-refractivity contribution < 1.29 is 19.1 Å². The number of carbonyl (C=O) groups excluding carboxylic acids is 1. The Labute approximate surface area is 208 Å². The van der Waals surface area contributed by atoms with Crippen LogP contribution in [0.3, 0.4) is 0 Å². The van der Waals surface area contributed by atoms with Gasteiger partial charge in [0.1, 0.15) is 11.3 Å². The van der Waals surface area contributed by atoms with Crippen LogP contribution in [0, 0.1) is 12.8 Å². The number of piperidine rings is 1. The Hall–Kier alpha value is -2.34. The lowest BCUT2D eigenvalue weighted by atomic mass is 9.66. The van der Waals surface area contributed by atoms with Gasteiger partial charge in [-0.1, -0.05) is 46.0 Å². The van der Waals surface area contributed by atoms with Crippen LogP contribution in [0.5, 0.6) is 5.75 Å². The number of fused-ring (bicyclic) bond motifs is 2. The number of unbranched alkanes of at least 4 members (excludes halogenated alkanes) is 2. The third kappa shape index (κ3) is 5.42. The van der Waals surface area contributed by atoms with Crippen molar-refractivity contribution in [3.05, 3.63) is 39.7 Å². The molecule has 6 nitrogen and oxygen atoms in total. The number of hydrogen-bond acceptors (Lipinski definition) is 5. The quantitative estimate of drug-likeness (QED) is 0.474. The number of nitrogens with zero attached hydrogens (tertiary/aromatic N) is 1. The molecule has 4 rings (SSSR count). The topological polar surface area (TPSA) is 80.0 Å². The molecule has 1 saturated heterocycles. The molecule has 1 aliphatic carbocycles. The van der Waals surface area contributed by atoms with Crippen LogP contribution in [0.2, 0.25) is 0 Å². The lowest BCUT2D eigenvalue weighted by molar-refractivity contribution is -0.157. The van der Waals surface area contributed by atoms with Gasteiger partial charge in [0.25, 0.3) is 5.91 Å². The highest BCUT2D eigenvalue weighted by Crippen LogP contribution is 2.44. The van der Waals surface area contributed by atoms with Crippen molar-refractivity contribution in [2.24, 2.45) is 5.92 Å². The van der Waals surface area contributed by atoms with E-state index in [4.69, 9.17) is 9.15 Å². The molecule has 0 unspecified atom stereocenters. The zero-order chi connectivity index (χ0) is 25.0. The Morgan fingerprint density at radius 1 is 1.20 bits per heavy atom. The van der Waals surface area contributed by atoms with Gasteiger partial charge in [0.2, 0.25) is 0 Å². The van der Waals surface area contributed by atoms with Gasteiger partial charge in [0, 0.05) is 35.5 Å². The van der Waals surface area contributed by atoms with Crippen molar-refractivity contribution in [2.45, 2.75) is 103 Å². The molecule has 1 amide bonds. The first kappa shape index (κ1) is 25.7. The minimum Gasteiger partial charge on any atom is -0.483 e. The lowest BCUT2D eigenvalue weighted by Crippen LogP contribution is -2.61. The van der Waals surface area contributed by atoms with Crippen molar-refractivity contribution >= 4 is 16.9 Å². The standard InChI is InChI=1S/C29H41NO5/c1-4-6-10-21-18-27(32)35-28-20(3)25(14-13-22(21)28)34-19-26(31)30-17-16-29(33)15-9-8-11-23(29)24(30)12-7-5-2/h13-14,18,23-24,33H,4-12,15-17,19H2,1-3H3/t23-,24+,29+/m0/s1. The van der Waals surface area contributed by atoms with Crippen LogP contribution in [-0.4, -0.2) is 40.7 Å². The molecule has 2 aromatic rings. The molecule has 0 bridgehead atoms. The Morgan fingerprint density at radius 2 is 2.00 bits per heavy atom. The third-order valence-corrected chi connectivity index (χ3v) is 8.24. The highest BCUT2D eigenvalue weighted by molar-refractivity contribution is 5.85. The van der Waals surface area contributed by atoms with Crippen LogP contribution in [0.15, 0.2) is 27.4 Å². The van der Waals surface area contributed by atoms with E-state index >= 15 is 0 Å². The predicted octanol–water partition coefficient (Wildman–Crippen LogP) is 5.54. The van der Waals surface area contributed by atoms with E-state index in [0.29, 0.717) is 24.3 Å². The van der Waals surface area contributed by atoms with Gasteiger partial charge in [-0.15, -0.1) is 0 Å². The Kier molecular flexibility index (Phi) is 8.20. The average molecular weight is 484 g/mol. The summed E-state index contributed by atoms with van der Waals surface area (Å²) < 4.78 is 11.6. The molecule has 3 atom stereocenters. The van der Waals surface area contributed by atoms with Crippen molar-refractivity contribution in [1.29, 1.82) is 0 Å². The number of carbonyl (C=O) groups is 1. The second-order valence-corrected chi connectivity index (χ2v) is 10.6. The molecule has 1 aromatic carbocycles. The lowest BCUT2D eigenvalue weighted by Gasteiger charge is -2.52. The maximum atomic E-state index is 13.4. The van der Waals surface area contributed by atoms with Gasteiger partial charge in [-0.3, -0.25) is 4.79 Å². The molecule has 0 spiro atoms. The van der Waals surface area contributed by atoms with E-state index in [1.807, 2.05) is 24.0 Å². The third-order valence-electron chi connectivity index (χ3n) is 8.24. The Bertz CT molecular complexity index is 1090. The summed E-state index contributed by atoms with van der Waals surface area (Å²) in [5.74, 6) is 0.688. The van der Waals surface area contributed by atoms with Crippen molar-refractivity contribution in [3.8, 4) is 5.75 Å². The van der Waals surface area contributed by atoms with E-state index in [2.05, 4.69) is 13.8 Å². The fourth-order valence-electron chi connectivity index (χ4n) is 6.25. The smallest absolute Gasteiger partial charge is 0.336 e. The fraction of sp³-hybridized carbons (Fsp3) is 0.655. The SMILES string of the molecule is CCCCc1cc(=O)oc2c(C)c(OCC(=O)N3CC[C@]4(O)CCCC[C@H]4[C@H]3CCCC)ccc12. The predicted molar refractivity (Wildman–Crippen MR) is 138 cm³/mol. The van der Waals surface area contributed by atoms with Crippen LogP contribution < -0.4 is 10.4 Å². The fourth-order valence-corrected chi connectivity index (χ4v) is 6.25. The molecule has 192 valence electrons. The molecule has 0 radical (unpaired) electrons. The van der Waals surface area contributed by atoms with E-state index < -0.39 is 5.60 Å². The van der Waals surface area contributed by atoms with Crippen LogP contribution in [-0.2, 0) is 11.2 Å². The van der Waals surface area contributed by atoms with Gasteiger partial charge in [-0.05, 0) is 63.1 Å². The van der Waals surface area contributed by atoms with Gasteiger partial charge in [0.15, 0.2) is 6.61 Å². The first-order chi connectivity index (χ1) is 16.9. The number of likely N-dealkylation sites (tertiary alicyclic amines) is 1. The number of aryl methyl sites for hydroxylation is 2. The number of hydrogen-bond donors (Lipinski definition) is 1.